The lowest BCUT2D eigenvalue weighted by Gasteiger charge is -2.26. The molecule has 0 saturated carbocycles. The summed E-state index contributed by atoms with van der Waals surface area (Å²) in [5, 5.41) is 19.6. The molecular weight excluding hydrogens is 240 g/mol. The van der Waals surface area contributed by atoms with E-state index in [2.05, 4.69) is 0 Å². The van der Waals surface area contributed by atoms with E-state index in [0.717, 1.165) is 0 Å². The van der Waals surface area contributed by atoms with Crippen LogP contribution in [-0.2, 0) is 18.9 Å². The summed E-state index contributed by atoms with van der Waals surface area (Å²) in [4.78, 5) is 0. The summed E-state index contributed by atoms with van der Waals surface area (Å²) < 4.78 is 22.1. The third-order valence-electron chi connectivity index (χ3n) is 3.15. The van der Waals surface area contributed by atoms with Gasteiger partial charge in [-0.3, -0.25) is 0 Å². The van der Waals surface area contributed by atoms with Crippen LogP contribution in [0.1, 0.15) is 27.7 Å². The van der Waals surface area contributed by atoms with Gasteiger partial charge in [-0.1, -0.05) is 0 Å². The normalized spacial score (nSPS) is 40.0. The molecule has 6 nitrogen and oxygen atoms in total. The Morgan fingerprint density at radius 1 is 1.11 bits per heavy atom. The molecule has 2 aliphatic rings. The average Bonchev–Trinajstić information content (AvgIpc) is 2.77. The molecule has 0 radical (unpaired) electrons. The molecule has 0 aliphatic carbocycles. The van der Waals surface area contributed by atoms with Gasteiger partial charge in [0.15, 0.2) is 11.6 Å². The molecule has 4 atom stereocenters. The van der Waals surface area contributed by atoms with Crippen LogP contribution in [0.4, 0.5) is 0 Å². The van der Waals surface area contributed by atoms with E-state index in [0.29, 0.717) is 6.61 Å². The van der Waals surface area contributed by atoms with Crippen molar-refractivity contribution in [1.29, 1.82) is 0 Å². The van der Waals surface area contributed by atoms with Crippen molar-refractivity contribution in [3.63, 3.8) is 0 Å². The first-order valence-electron chi connectivity index (χ1n) is 6.20. The number of ether oxygens (including phenoxy) is 4. The van der Waals surface area contributed by atoms with Crippen LogP contribution >= 0.6 is 0 Å². The lowest BCUT2D eigenvalue weighted by molar-refractivity contribution is -0.178. The first-order valence-corrected chi connectivity index (χ1v) is 6.20. The van der Waals surface area contributed by atoms with Crippen LogP contribution in [0.5, 0.6) is 0 Å². The highest BCUT2D eigenvalue weighted by atomic mass is 16.8. The van der Waals surface area contributed by atoms with E-state index in [4.69, 9.17) is 18.9 Å². The van der Waals surface area contributed by atoms with Gasteiger partial charge in [0.1, 0.15) is 24.4 Å². The summed E-state index contributed by atoms with van der Waals surface area (Å²) in [7, 11) is 0. The summed E-state index contributed by atoms with van der Waals surface area (Å²) in [6.07, 6.45) is -2.54. The molecule has 106 valence electrons. The maximum absolute atomic E-state index is 10.3. The van der Waals surface area contributed by atoms with Gasteiger partial charge in [0.2, 0.25) is 0 Å². The standard InChI is InChI=1S/C12H22O6/c1-11(2)15-6-8(17-11)9(14)10-7(5-13)16-12(3,4)18-10/h7-10,13-14H,5-6H2,1-4H3/t7-,8-,9-,10-/m1/s1. The lowest BCUT2D eigenvalue weighted by atomic mass is 10.0. The highest BCUT2D eigenvalue weighted by Crippen LogP contribution is 2.33. The van der Waals surface area contributed by atoms with Gasteiger partial charge in [0, 0.05) is 0 Å². The third kappa shape index (κ3) is 2.84. The van der Waals surface area contributed by atoms with Crippen molar-refractivity contribution in [3.05, 3.63) is 0 Å². The summed E-state index contributed by atoms with van der Waals surface area (Å²) in [6, 6.07) is 0. The van der Waals surface area contributed by atoms with Crippen LogP contribution in [0.15, 0.2) is 0 Å². The first-order chi connectivity index (χ1) is 8.24. The third-order valence-corrected chi connectivity index (χ3v) is 3.15. The molecule has 0 unspecified atom stereocenters. The molecule has 2 rings (SSSR count). The number of aliphatic hydroxyl groups is 2. The lowest BCUT2D eigenvalue weighted by Crippen LogP contribution is -2.45. The fourth-order valence-corrected chi connectivity index (χ4v) is 2.39. The van der Waals surface area contributed by atoms with Gasteiger partial charge in [-0.15, -0.1) is 0 Å². The molecule has 0 amide bonds. The van der Waals surface area contributed by atoms with E-state index in [-0.39, 0.29) is 6.61 Å². The Morgan fingerprint density at radius 3 is 2.28 bits per heavy atom. The van der Waals surface area contributed by atoms with Crippen molar-refractivity contribution in [2.75, 3.05) is 13.2 Å². The van der Waals surface area contributed by atoms with E-state index < -0.39 is 36.0 Å². The second kappa shape index (κ2) is 4.70. The Balaban J connectivity index is 2.02. The molecule has 2 aliphatic heterocycles. The summed E-state index contributed by atoms with van der Waals surface area (Å²) >= 11 is 0. The minimum atomic E-state index is -0.898. The van der Waals surface area contributed by atoms with Crippen LogP contribution < -0.4 is 0 Å². The highest BCUT2D eigenvalue weighted by Gasteiger charge is 2.49. The van der Waals surface area contributed by atoms with Gasteiger partial charge >= 0.3 is 0 Å². The monoisotopic (exact) mass is 262 g/mol. The van der Waals surface area contributed by atoms with Gasteiger partial charge in [-0.2, -0.15) is 0 Å². The van der Waals surface area contributed by atoms with Crippen molar-refractivity contribution in [1.82, 2.24) is 0 Å². The van der Waals surface area contributed by atoms with Gasteiger partial charge in [0.25, 0.3) is 0 Å². The van der Waals surface area contributed by atoms with E-state index in [1.165, 1.54) is 0 Å². The zero-order chi connectivity index (χ0) is 13.6. The second-order valence-corrected chi connectivity index (χ2v) is 5.68. The topological polar surface area (TPSA) is 77.4 Å². The Kier molecular flexibility index (Phi) is 3.70. The zero-order valence-electron chi connectivity index (χ0n) is 11.3. The van der Waals surface area contributed by atoms with Crippen molar-refractivity contribution >= 4 is 0 Å². The number of hydrogen-bond acceptors (Lipinski definition) is 6. The SMILES string of the molecule is CC1(C)OC[C@H]([C@@H](O)[C@@H]2OC(C)(C)O[C@@H]2CO)O1. The maximum atomic E-state index is 10.3. The van der Waals surface area contributed by atoms with Crippen LogP contribution in [0.3, 0.4) is 0 Å². The first kappa shape index (κ1) is 14.2. The van der Waals surface area contributed by atoms with Gasteiger partial charge < -0.3 is 29.2 Å². The zero-order valence-corrected chi connectivity index (χ0v) is 11.3. The summed E-state index contributed by atoms with van der Waals surface area (Å²) in [5.74, 6) is -1.51. The van der Waals surface area contributed by atoms with Gasteiger partial charge in [0.05, 0.1) is 13.2 Å². The summed E-state index contributed by atoms with van der Waals surface area (Å²) in [5.41, 5.74) is 0. The van der Waals surface area contributed by atoms with E-state index in [9.17, 15) is 10.2 Å². The Hall–Kier alpha value is -0.240. The predicted octanol–water partition coefficient (Wildman–Crippen LogP) is 0.0112. The minimum Gasteiger partial charge on any atom is -0.394 e. The smallest absolute Gasteiger partial charge is 0.164 e. The van der Waals surface area contributed by atoms with Crippen molar-refractivity contribution in [3.8, 4) is 0 Å². The van der Waals surface area contributed by atoms with Crippen LogP contribution in [0, 0.1) is 0 Å². The van der Waals surface area contributed by atoms with Crippen LogP contribution in [0.25, 0.3) is 0 Å². The highest BCUT2D eigenvalue weighted by molar-refractivity contribution is 4.91. The quantitative estimate of drug-likeness (QED) is 0.746. The Bertz CT molecular complexity index is 303. The fraction of sp³-hybridized carbons (Fsp3) is 1.00. The van der Waals surface area contributed by atoms with Crippen molar-refractivity contribution in [2.24, 2.45) is 0 Å². The molecule has 18 heavy (non-hydrogen) atoms. The molecule has 0 bridgehead atoms. The molecular formula is C12H22O6. The average molecular weight is 262 g/mol. The number of hydrogen-bond donors (Lipinski definition) is 2. The predicted molar refractivity (Wildman–Crippen MR) is 61.8 cm³/mol. The van der Waals surface area contributed by atoms with Gasteiger partial charge in [-0.05, 0) is 27.7 Å². The van der Waals surface area contributed by atoms with Crippen molar-refractivity contribution in [2.45, 2.75) is 63.7 Å². The largest absolute Gasteiger partial charge is 0.394 e. The Morgan fingerprint density at radius 2 is 1.78 bits per heavy atom. The molecule has 6 heteroatoms. The molecule has 0 spiro atoms. The Labute approximate surface area is 107 Å². The molecule has 2 heterocycles. The summed E-state index contributed by atoms with van der Waals surface area (Å²) in [6.45, 7) is 7.17. The molecule has 2 fully saturated rings. The fourth-order valence-electron chi connectivity index (χ4n) is 2.39. The van der Waals surface area contributed by atoms with Gasteiger partial charge in [-0.25, -0.2) is 0 Å². The molecule has 0 aromatic rings. The minimum absolute atomic E-state index is 0.206. The maximum Gasteiger partial charge on any atom is 0.164 e. The van der Waals surface area contributed by atoms with E-state index >= 15 is 0 Å². The van der Waals surface area contributed by atoms with Crippen LogP contribution in [-0.4, -0.2) is 59.4 Å². The second-order valence-electron chi connectivity index (χ2n) is 5.68. The van der Waals surface area contributed by atoms with Crippen LogP contribution in [0.2, 0.25) is 0 Å². The molecule has 0 aromatic carbocycles. The van der Waals surface area contributed by atoms with E-state index in [1.54, 1.807) is 27.7 Å². The number of aliphatic hydroxyl groups excluding tert-OH is 2. The molecule has 2 saturated heterocycles. The number of rotatable bonds is 3. The molecule has 2 N–H and O–H groups in total. The molecule has 0 aromatic heterocycles. The van der Waals surface area contributed by atoms with E-state index in [1.807, 2.05) is 0 Å². The van der Waals surface area contributed by atoms with Crippen molar-refractivity contribution < 1.29 is 29.2 Å².